The molecule has 29 heavy (non-hydrogen) atoms. The number of aryl methyl sites for hydroxylation is 1. The van der Waals surface area contributed by atoms with Gasteiger partial charge < -0.3 is 15.1 Å². The Balaban J connectivity index is 1.63. The highest BCUT2D eigenvalue weighted by Gasteiger charge is 2.37. The number of halogens is 1. The van der Waals surface area contributed by atoms with Crippen molar-refractivity contribution in [1.82, 2.24) is 9.13 Å². The van der Waals surface area contributed by atoms with Crippen LogP contribution in [0.3, 0.4) is 0 Å². The number of fused-ring (bicyclic) bond motifs is 2. The van der Waals surface area contributed by atoms with E-state index in [1.165, 1.54) is 18.7 Å². The van der Waals surface area contributed by atoms with Crippen LogP contribution in [0, 0.1) is 6.92 Å². The van der Waals surface area contributed by atoms with Gasteiger partial charge in [0.2, 0.25) is 11.8 Å². The minimum absolute atomic E-state index is 0.105. The highest BCUT2D eigenvalue weighted by Crippen LogP contribution is 2.33. The molecule has 1 aliphatic heterocycles. The van der Waals surface area contributed by atoms with E-state index in [1.807, 2.05) is 0 Å². The molecule has 0 radical (unpaired) electrons. The lowest BCUT2D eigenvalue weighted by Crippen LogP contribution is -2.39. The summed E-state index contributed by atoms with van der Waals surface area (Å²) in [7, 11) is 2.78. The fourth-order valence-electron chi connectivity index (χ4n) is 3.57. The predicted octanol–water partition coefficient (Wildman–Crippen LogP) is 1.86. The van der Waals surface area contributed by atoms with E-state index in [-0.39, 0.29) is 17.8 Å². The average Bonchev–Trinajstić information content (AvgIpc) is 3.18. The van der Waals surface area contributed by atoms with E-state index in [1.54, 1.807) is 25.1 Å². The molecule has 0 spiro atoms. The Bertz CT molecular complexity index is 1320. The number of nitrogens with zero attached hydrogens (tertiary/aromatic N) is 2. The van der Waals surface area contributed by atoms with Gasteiger partial charge in [0.1, 0.15) is 11.6 Å². The fraction of sp³-hybridized carbons (Fsp3) is 0.263. The molecule has 1 aromatic carbocycles. The third kappa shape index (κ3) is 3.03. The molecule has 3 aromatic rings. The van der Waals surface area contributed by atoms with Gasteiger partial charge in [0.25, 0.3) is 5.56 Å². The lowest BCUT2D eigenvalue weighted by atomic mass is 9.99. The van der Waals surface area contributed by atoms with Crippen molar-refractivity contribution in [3.63, 3.8) is 0 Å². The van der Waals surface area contributed by atoms with Crippen molar-refractivity contribution < 1.29 is 14.0 Å². The zero-order valence-electron chi connectivity index (χ0n) is 15.8. The normalized spacial score (nSPS) is 15.4. The number of benzene rings is 1. The van der Waals surface area contributed by atoms with E-state index in [0.29, 0.717) is 22.1 Å². The van der Waals surface area contributed by atoms with E-state index in [2.05, 4.69) is 10.6 Å². The van der Waals surface area contributed by atoms with Crippen LogP contribution in [0.5, 0.6) is 0 Å². The number of rotatable bonds is 3. The minimum atomic E-state index is -0.995. The monoisotopic (exact) mass is 416 g/mol. The number of amides is 2. The van der Waals surface area contributed by atoms with E-state index in [9.17, 15) is 19.2 Å². The first-order valence-corrected chi connectivity index (χ1v) is 9.15. The number of hydrogen-bond donors (Lipinski definition) is 2. The van der Waals surface area contributed by atoms with Crippen molar-refractivity contribution in [3.8, 4) is 0 Å². The van der Waals surface area contributed by atoms with Crippen LogP contribution in [0.25, 0.3) is 11.0 Å². The summed E-state index contributed by atoms with van der Waals surface area (Å²) < 4.78 is 7.60. The molecule has 0 aliphatic carbocycles. The van der Waals surface area contributed by atoms with Crippen LogP contribution >= 0.6 is 11.6 Å². The summed E-state index contributed by atoms with van der Waals surface area (Å²) in [6, 6.07) is 5.05. The Morgan fingerprint density at radius 1 is 1.21 bits per heavy atom. The zero-order chi connectivity index (χ0) is 21.0. The summed E-state index contributed by atoms with van der Waals surface area (Å²) in [4.78, 5) is 49.5. The Morgan fingerprint density at radius 2 is 1.93 bits per heavy atom. The number of hydrogen-bond acceptors (Lipinski definition) is 5. The van der Waals surface area contributed by atoms with Crippen molar-refractivity contribution in [2.75, 3.05) is 10.6 Å². The molecule has 9 nitrogen and oxygen atoms in total. The molecule has 0 unspecified atom stereocenters. The summed E-state index contributed by atoms with van der Waals surface area (Å²) in [6.07, 6.45) is -0.258. The number of carbonyl (C=O) groups excluding carboxylic acids is 2. The lowest BCUT2D eigenvalue weighted by molar-refractivity contribution is -0.122. The number of aromatic nitrogens is 2. The highest BCUT2D eigenvalue weighted by molar-refractivity contribution is 6.35. The Hall–Kier alpha value is -3.33. The van der Waals surface area contributed by atoms with Crippen LogP contribution < -0.4 is 21.9 Å². The molecule has 150 valence electrons. The van der Waals surface area contributed by atoms with Crippen LogP contribution in [0.1, 0.15) is 23.7 Å². The molecule has 0 saturated heterocycles. The molecule has 2 N–H and O–H groups in total. The van der Waals surface area contributed by atoms with Crippen molar-refractivity contribution in [3.05, 3.63) is 55.4 Å². The van der Waals surface area contributed by atoms with Crippen LogP contribution in [0.4, 0.5) is 11.5 Å². The van der Waals surface area contributed by atoms with Gasteiger partial charge in [0.15, 0.2) is 5.58 Å². The maximum absolute atomic E-state index is 12.6. The number of carbonyl (C=O) groups is 2. The number of nitrogens with one attached hydrogen (secondary N) is 2. The Kier molecular flexibility index (Phi) is 4.34. The maximum atomic E-state index is 12.6. The molecule has 1 atom stereocenters. The Labute approximate surface area is 168 Å². The Morgan fingerprint density at radius 3 is 2.66 bits per heavy atom. The average molecular weight is 417 g/mol. The van der Waals surface area contributed by atoms with Gasteiger partial charge in [0, 0.05) is 31.6 Å². The van der Waals surface area contributed by atoms with Gasteiger partial charge in [-0.25, -0.2) is 4.79 Å². The van der Waals surface area contributed by atoms with E-state index >= 15 is 0 Å². The van der Waals surface area contributed by atoms with E-state index < -0.39 is 29.0 Å². The molecule has 3 heterocycles. The molecular formula is C19H17ClN4O5. The van der Waals surface area contributed by atoms with Gasteiger partial charge in [0.05, 0.1) is 16.5 Å². The second-order valence-electron chi connectivity index (χ2n) is 7.00. The van der Waals surface area contributed by atoms with Crippen LogP contribution in [-0.4, -0.2) is 20.9 Å². The summed E-state index contributed by atoms with van der Waals surface area (Å²) in [6.45, 7) is 1.79. The topological polar surface area (TPSA) is 115 Å². The van der Waals surface area contributed by atoms with Crippen molar-refractivity contribution in [1.29, 1.82) is 0 Å². The van der Waals surface area contributed by atoms with Gasteiger partial charge >= 0.3 is 5.69 Å². The molecular weight excluding hydrogens is 400 g/mol. The summed E-state index contributed by atoms with van der Waals surface area (Å²) >= 11 is 6.20. The maximum Gasteiger partial charge on any atom is 0.332 e. The molecule has 1 aliphatic rings. The van der Waals surface area contributed by atoms with Crippen molar-refractivity contribution >= 4 is 45.9 Å². The largest absolute Gasteiger partial charge is 0.460 e. The third-order valence-electron chi connectivity index (χ3n) is 4.97. The molecule has 0 saturated carbocycles. The van der Waals surface area contributed by atoms with E-state index in [0.717, 1.165) is 9.95 Å². The van der Waals surface area contributed by atoms with E-state index in [4.69, 9.17) is 16.0 Å². The van der Waals surface area contributed by atoms with Crippen LogP contribution in [-0.2, 0) is 23.7 Å². The first-order chi connectivity index (χ1) is 13.7. The fourth-order valence-corrected chi connectivity index (χ4v) is 3.84. The molecule has 0 fully saturated rings. The van der Waals surface area contributed by atoms with Gasteiger partial charge in [-0.2, -0.15) is 0 Å². The van der Waals surface area contributed by atoms with Gasteiger partial charge in [-0.1, -0.05) is 11.6 Å². The second kappa shape index (κ2) is 6.63. The predicted molar refractivity (Wildman–Crippen MR) is 108 cm³/mol. The van der Waals surface area contributed by atoms with Crippen molar-refractivity contribution in [2.24, 2.45) is 14.1 Å². The highest BCUT2D eigenvalue weighted by atomic mass is 35.5. The van der Waals surface area contributed by atoms with Crippen molar-refractivity contribution in [2.45, 2.75) is 19.3 Å². The summed E-state index contributed by atoms with van der Waals surface area (Å²) in [5, 5.41) is 6.31. The molecule has 10 heteroatoms. The quantitative estimate of drug-likeness (QED) is 0.676. The van der Waals surface area contributed by atoms with Gasteiger partial charge in [-0.05, 0) is 25.1 Å². The van der Waals surface area contributed by atoms with Crippen LogP contribution in [0.15, 0.2) is 32.2 Å². The summed E-state index contributed by atoms with van der Waals surface area (Å²) in [5.74, 6) is -1.16. The SMILES string of the molecule is Cc1cc2cc(NC(=O)C[C@@H]3C(=O)Nc4c3c(=O)n(C)c(=O)n4C)cc(Cl)c2o1. The third-order valence-corrected chi connectivity index (χ3v) is 5.25. The van der Waals surface area contributed by atoms with Gasteiger partial charge in [-0.3, -0.25) is 23.5 Å². The smallest absolute Gasteiger partial charge is 0.332 e. The number of furan rings is 1. The second-order valence-corrected chi connectivity index (χ2v) is 7.40. The van der Waals surface area contributed by atoms with Crippen LogP contribution in [0.2, 0.25) is 5.02 Å². The molecule has 2 aromatic heterocycles. The molecule has 2 amide bonds. The van der Waals surface area contributed by atoms with Gasteiger partial charge in [-0.15, -0.1) is 0 Å². The summed E-state index contributed by atoms with van der Waals surface area (Å²) in [5.41, 5.74) is -0.0836. The number of anilines is 2. The minimum Gasteiger partial charge on any atom is -0.460 e. The standard InChI is InChI=1S/C19H17ClN4O5/c1-8-4-9-5-10(6-12(20)15(9)29-8)21-13(25)7-11-14-16(22-17(11)26)23(2)19(28)24(3)18(14)27/h4-6,11H,7H2,1-3H3,(H,21,25)(H,22,26)/t11-/m0/s1. The zero-order valence-corrected chi connectivity index (χ0v) is 16.6. The molecule has 0 bridgehead atoms. The molecule has 4 rings (SSSR count). The first-order valence-electron chi connectivity index (χ1n) is 8.77. The lowest BCUT2D eigenvalue weighted by Gasteiger charge is -2.11. The first kappa shape index (κ1) is 19.0.